The zero-order chi connectivity index (χ0) is 10.3. The molecule has 0 heteroatoms. The molecule has 0 N–H and O–H groups in total. The second-order valence-electron chi connectivity index (χ2n) is 4.58. The predicted octanol–water partition coefficient (Wildman–Crippen LogP) is 4.89. The highest BCUT2D eigenvalue weighted by molar-refractivity contribution is 4.70. The fourth-order valence-corrected chi connectivity index (χ4v) is 2.39. The molecular weight excluding hydrogens is 156 g/mol. The van der Waals surface area contributed by atoms with Crippen LogP contribution in [-0.2, 0) is 0 Å². The van der Waals surface area contributed by atoms with Gasteiger partial charge in [0.05, 0.1) is 0 Å². The molecule has 0 bridgehead atoms. The molecule has 0 aliphatic rings. The minimum atomic E-state index is 0.918. The molecule has 0 saturated heterocycles. The summed E-state index contributed by atoms with van der Waals surface area (Å²) in [6, 6.07) is 0. The standard InChI is InChI=1S/C13H28/c1-6-9-11(4)12(5)13(8-3)10-7-2/h11-13H,6-10H2,1-5H3. The summed E-state index contributed by atoms with van der Waals surface area (Å²) in [5.41, 5.74) is 0. The van der Waals surface area contributed by atoms with Gasteiger partial charge in [0.2, 0.25) is 0 Å². The SMILES string of the molecule is CCCC(C)C(C)C(CC)CCC. The highest BCUT2D eigenvalue weighted by Gasteiger charge is 2.19. The summed E-state index contributed by atoms with van der Waals surface area (Å²) in [7, 11) is 0. The van der Waals surface area contributed by atoms with Crippen LogP contribution in [0.25, 0.3) is 0 Å². The van der Waals surface area contributed by atoms with Crippen LogP contribution in [-0.4, -0.2) is 0 Å². The van der Waals surface area contributed by atoms with Gasteiger partial charge in [-0.2, -0.15) is 0 Å². The van der Waals surface area contributed by atoms with Gasteiger partial charge >= 0.3 is 0 Å². The fraction of sp³-hybridized carbons (Fsp3) is 1.00. The maximum atomic E-state index is 2.45. The Morgan fingerprint density at radius 3 is 1.77 bits per heavy atom. The van der Waals surface area contributed by atoms with E-state index in [2.05, 4.69) is 34.6 Å². The van der Waals surface area contributed by atoms with E-state index in [1.165, 1.54) is 32.1 Å². The van der Waals surface area contributed by atoms with Gasteiger partial charge < -0.3 is 0 Å². The topological polar surface area (TPSA) is 0 Å². The third-order valence-corrected chi connectivity index (χ3v) is 3.57. The first kappa shape index (κ1) is 13.0. The van der Waals surface area contributed by atoms with Gasteiger partial charge in [-0.1, -0.05) is 66.7 Å². The first-order valence-electron chi connectivity index (χ1n) is 6.17. The summed E-state index contributed by atoms with van der Waals surface area (Å²) in [4.78, 5) is 0. The van der Waals surface area contributed by atoms with Crippen LogP contribution in [0, 0.1) is 17.8 Å². The molecule has 0 aromatic carbocycles. The highest BCUT2D eigenvalue weighted by Crippen LogP contribution is 2.29. The van der Waals surface area contributed by atoms with Crippen LogP contribution >= 0.6 is 0 Å². The minimum Gasteiger partial charge on any atom is -0.0654 e. The van der Waals surface area contributed by atoms with E-state index >= 15 is 0 Å². The van der Waals surface area contributed by atoms with Crippen LogP contribution in [0.3, 0.4) is 0 Å². The van der Waals surface area contributed by atoms with Gasteiger partial charge in [0.15, 0.2) is 0 Å². The average molecular weight is 184 g/mol. The molecule has 0 aromatic rings. The van der Waals surface area contributed by atoms with E-state index in [1.807, 2.05) is 0 Å². The van der Waals surface area contributed by atoms with Gasteiger partial charge in [-0.3, -0.25) is 0 Å². The van der Waals surface area contributed by atoms with Gasteiger partial charge in [0.25, 0.3) is 0 Å². The largest absolute Gasteiger partial charge is 0.0654 e. The van der Waals surface area contributed by atoms with Crippen LogP contribution in [0.1, 0.15) is 66.7 Å². The summed E-state index contributed by atoms with van der Waals surface area (Å²) in [6.45, 7) is 11.8. The molecule has 0 rings (SSSR count). The van der Waals surface area contributed by atoms with Crippen molar-refractivity contribution in [2.45, 2.75) is 66.7 Å². The number of hydrogen-bond donors (Lipinski definition) is 0. The Morgan fingerprint density at radius 1 is 0.846 bits per heavy atom. The summed E-state index contributed by atoms with van der Waals surface area (Å²) in [6.07, 6.45) is 6.88. The molecule has 80 valence electrons. The maximum absolute atomic E-state index is 2.45. The second-order valence-corrected chi connectivity index (χ2v) is 4.58. The predicted molar refractivity (Wildman–Crippen MR) is 61.9 cm³/mol. The molecule has 0 amide bonds. The molecule has 0 spiro atoms. The van der Waals surface area contributed by atoms with E-state index < -0.39 is 0 Å². The van der Waals surface area contributed by atoms with Crippen molar-refractivity contribution < 1.29 is 0 Å². The summed E-state index contributed by atoms with van der Waals surface area (Å²) >= 11 is 0. The molecule has 13 heavy (non-hydrogen) atoms. The lowest BCUT2D eigenvalue weighted by Crippen LogP contribution is -2.18. The number of rotatable bonds is 7. The summed E-state index contributed by atoms with van der Waals surface area (Å²) < 4.78 is 0. The van der Waals surface area contributed by atoms with Crippen molar-refractivity contribution in [1.82, 2.24) is 0 Å². The first-order chi connectivity index (χ1) is 6.17. The lowest BCUT2D eigenvalue weighted by molar-refractivity contribution is 0.229. The maximum Gasteiger partial charge on any atom is -0.0389 e. The van der Waals surface area contributed by atoms with Gasteiger partial charge in [0, 0.05) is 0 Å². The Hall–Kier alpha value is 0. The first-order valence-corrected chi connectivity index (χ1v) is 6.17. The zero-order valence-electron chi connectivity index (χ0n) is 10.3. The van der Waals surface area contributed by atoms with E-state index in [0.717, 1.165) is 17.8 Å². The van der Waals surface area contributed by atoms with Crippen LogP contribution in [0.15, 0.2) is 0 Å². The zero-order valence-corrected chi connectivity index (χ0v) is 10.3. The van der Waals surface area contributed by atoms with E-state index in [4.69, 9.17) is 0 Å². The van der Waals surface area contributed by atoms with E-state index in [0.29, 0.717) is 0 Å². The summed E-state index contributed by atoms with van der Waals surface area (Å²) in [5.74, 6) is 2.80. The lowest BCUT2D eigenvalue weighted by atomic mass is 9.78. The Bertz CT molecular complexity index is 107. The molecule has 0 aliphatic carbocycles. The van der Waals surface area contributed by atoms with Gasteiger partial charge in [-0.15, -0.1) is 0 Å². The van der Waals surface area contributed by atoms with E-state index in [-0.39, 0.29) is 0 Å². The molecule has 0 nitrogen and oxygen atoms in total. The molecule has 0 radical (unpaired) electrons. The normalized spacial score (nSPS) is 18.2. The van der Waals surface area contributed by atoms with E-state index in [1.54, 1.807) is 0 Å². The third-order valence-electron chi connectivity index (χ3n) is 3.57. The second kappa shape index (κ2) is 7.41. The molecule has 0 saturated carbocycles. The summed E-state index contributed by atoms with van der Waals surface area (Å²) in [5, 5.41) is 0. The molecule has 0 aromatic heterocycles. The monoisotopic (exact) mass is 184 g/mol. The molecular formula is C13H28. The Morgan fingerprint density at radius 2 is 1.38 bits per heavy atom. The van der Waals surface area contributed by atoms with Crippen LogP contribution < -0.4 is 0 Å². The molecule has 3 atom stereocenters. The van der Waals surface area contributed by atoms with Crippen LogP contribution in [0.2, 0.25) is 0 Å². The van der Waals surface area contributed by atoms with Gasteiger partial charge in [-0.25, -0.2) is 0 Å². The minimum absolute atomic E-state index is 0.918. The van der Waals surface area contributed by atoms with Crippen molar-refractivity contribution in [2.24, 2.45) is 17.8 Å². The van der Waals surface area contributed by atoms with Crippen molar-refractivity contribution in [2.75, 3.05) is 0 Å². The molecule has 0 fully saturated rings. The molecule has 3 unspecified atom stereocenters. The van der Waals surface area contributed by atoms with Crippen LogP contribution in [0.4, 0.5) is 0 Å². The quantitative estimate of drug-likeness (QED) is 0.528. The average Bonchev–Trinajstić information content (AvgIpc) is 2.13. The lowest BCUT2D eigenvalue weighted by Gasteiger charge is -2.27. The molecule has 0 aliphatic heterocycles. The van der Waals surface area contributed by atoms with Gasteiger partial charge in [-0.05, 0) is 17.8 Å². The number of hydrogen-bond acceptors (Lipinski definition) is 0. The van der Waals surface area contributed by atoms with Crippen molar-refractivity contribution in [1.29, 1.82) is 0 Å². The van der Waals surface area contributed by atoms with Crippen molar-refractivity contribution in [3.8, 4) is 0 Å². The van der Waals surface area contributed by atoms with Crippen molar-refractivity contribution in [3.05, 3.63) is 0 Å². The van der Waals surface area contributed by atoms with Crippen molar-refractivity contribution in [3.63, 3.8) is 0 Å². The fourth-order valence-electron chi connectivity index (χ4n) is 2.39. The highest BCUT2D eigenvalue weighted by atomic mass is 14.2. The third kappa shape index (κ3) is 4.69. The smallest absolute Gasteiger partial charge is 0.0389 e. The van der Waals surface area contributed by atoms with E-state index in [9.17, 15) is 0 Å². The Balaban J connectivity index is 3.94. The van der Waals surface area contributed by atoms with Crippen LogP contribution in [0.5, 0.6) is 0 Å². The van der Waals surface area contributed by atoms with Crippen molar-refractivity contribution >= 4 is 0 Å². The Labute approximate surface area is 85.1 Å². The van der Waals surface area contributed by atoms with Gasteiger partial charge in [0.1, 0.15) is 0 Å². The molecule has 0 heterocycles. The Kier molecular flexibility index (Phi) is 7.41.